The smallest absolute Gasteiger partial charge is 0.175 e. The van der Waals surface area contributed by atoms with E-state index in [0.29, 0.717) is 5.56 Å². The molecule has 1 heterocycles. The summed E-state index contributed by atoms with van der Waals surface area (Å²) in [4.78, 5) is 4.29. The Labute approximate surface area is 207 Å². The van der Waals surface area contributed by atoms with E-state index in [2.05, 4.69) is 4.98 Å². The summed E-state index contributed by atoms with van der Waals surface area (Å²) in [5.74, 6) is -3.73. The number of hydrogen-bond donors (Lipinski definition) is 2. The second-order valence-electron chi connectivity index (χ2n) is 9.30. The van der Waals surface area contributed by atoms with Crippen LogP contribution in [-0.2, 0) is 21.0 Å². The van der Waals surface area contributed by atoms with Gasteiger partial charge in [-0.25, -0.2) is 26.6 Å². The molecule has 2 N–H and O–H groups in total. The molecule has 1 aliphatic carbocycles. The Morgan fingerprint density at radius 3 is 2.31 bits per heavy atom. The fraction of sp³-hybridized carbons (Fsp3) is 0.269. The predicted octanol–water partition coefficient (Wildman–Crippen LogP) is 4.35. The van der Waals surface area contributed by atoms with Crippen molar-refractivity contribution in [2.24, 2.45) is 0 Å². The Hall–Kier alpha value is -3.21. The maximum Gasteiger partial charge on any atom is 0.175 e. The minimum Gasteiger partial charge on any atom is -0.393 e. The Morgan fingerprint density at radius 1 is 1.11 bits per heavy atom. The second kappa shape index (κ2) is 9.02. The van der Waals surface area contributed by atoms with E-state index < -0.39 is 56.5 Å². The molecule has 0 fully saturated rings. The summed E-state index contributed by atoms with van der Waals surface area (Å²) < 4.78 is 70.4. The quantitative estimate of drug-likeness (QED) is 0.474. The van der Waals surface area contributed by atoms with Crippen molar-refractivity contribution >= 4 is 9.84 Å². The van der Waals surface area contributed by atoms with Crippen molar-refractivity contribution in [3.05, 3.63) is 95.6 Å². The average molecular weight is 519 g/mol. The zero-order chi connectivity index (χ0) is 26.5. The third-order valence-corrected chi connectivity index (χ3v) is 7.29. The van der Waals surface area contributed by atoms with Gasteiger partial charge < -0.3 is 14.8 Å². The van der Waals surface area contributed by atoms with Gasteiger partial charge in [-0.2, -0.15) is 0 Å². The summed E-state index contributed by atoms with van der Waals surface area (Å²) >= 11 is 0. The van der Waals surface area contributed by atoms with Crippen molar-refractivity contribution in [2.75, 3.05) is 12.9 Å². The van der Waals surface area contributed by atoms with Crippen LogP contribution >= 0.6 is 0 Å². The average Bonchev–Trinajstić information content (AvgIpc) is 3.25. The minimum absolute atomic E-state index is 0.0113. The lowest BCUT2D eigenvalue weighted by molar-refractivity contribution is 0.0739. The molecule has 2 unspecified atom stereocenters. The Balaban J connectivity index is 1.88. The van der Waals surface area contributed by atoms with Gasteiger partial charge >= 0.3 is 0 Å². The van der Waals surface area contributed by atoms with Gasteiger partial charge in [-0.3, -0.25) is 0 Å². The molecule has 3 aromatic rings. The maximum absolute atomic E-state index is 15.9. The van der Waals surface area contributed by atoms with Gasteiger partial charge in [0, 0.05) is 18.4 Å². The van der Waals surface area contributed by atoms with Crippen molar-refractivity contribution < 1.29 is 31.8 Å². The van der Waals surface area contributed by atoms with Gasteiger partial charge in [0.05, 0.1) is 22.8 Å². The number of rotatable bonds is 6. The molecule has 190 valence electrons. The molecule has 1 aliphatic rings. The second-order valence-corrected chi connectivity index (χ2v) is 11.3. The molecule has 2 aromatic carbocycles. The normalized spacial score (nSPS) is 20.4. The summed E-state index contributed by atoms with van der Waals surface area (Å²) in [5, 5.41) is 20.9. The topological polar surface area (TPSA) is 92.4 Å². The number of aliphatic hydroxyl groups is 2. The maximum atomic E-state index is 15.9. The van der Waals surface area contributed by atoms with Crippen LogP contribution in [0.1, 0.15) is 31.0 Å². The number of nitrogens with zero attached hydrogens (tertiary/aromatic N) is 2. The lowest BCUT2D eigenvalue weighted by Crippen LogP contribution is -2.38. The zero-order valence-corrected chi connectivity index (χ0v) is 20.6. The number of halogens is 3. The number of benzene rings is 2. The molecule has 0 amide bonds. The molecule has 0 spiro atoms. The number of allylic oxidation sites excluding steroid dienone is 2. The van der Waals surface area contributed by atoms with E-state index in [0.717, 1.165) is 23.0 Å². The summed E-state index contributed by atoms with van der Waals surface area (Å²) in [5.41, 5.74) is -3.47. The summed E-state index contributed by atoms with van der Waals surface area (Å²) in [6, 6.07) is 9.29. The van der Waals surface area contributed by atoms with Crippen LogP contribution in [0.3, 0.4) is 0 Å². The molecule has 1 aromatic heterocycles. The van der Waals surface area contributed by atoms with Crippen LogP contribution < -0.4 is 0 Å². The first-order valence-electron chi connectivity index (χ1n) is 11.0. The molecule has 2 atom stereocenters. The van der Waals surface area contributed by atoms with Crippen LogP contribution in [0.5, 0.6) is 0 Å². The summed E-state index contributed by atoms with van der Waals surface area (Å²) in [7, 11) is -3.49. The molecule has 0 radical (unpaired) electrons. The van der Waals surface area contributed by atoms with Gasteiger partial charge in [-0.15, -0.1) is 0 Å². The Kier molecular flexibility index (Phi) is 6.48. The van der Waals surface area contributed by atoms with Gasteiger partial charge in [-0.1, -0.05) is 30.4 Å². The molecule has 4 rings (SSSR count). The number of hydrogen-bond acceptors (Lipinski definition) is 5. The number of aromatic nitrogens is 2. The fourth-order valence-corrected chi connectivity index (χ4v) is 4.80. The lowest BCUT2D eigenvalue weighted by Gasteiger charge is -2.34. The lowest BCUT2D eigenvalue weighted by atomic mass is 9.85. The van der Waals surface area contributed by atoms with E-state index in [1.165, 1.54) is 50.4 Å². The van der Waals surface area contributed by atoms with Crippen molar-refractivity contribution in [3.63, 3.8) is 0 Å². The van der Waals surface area contributed by atoms with Crippen molar-refractivity contribution in [2.45, 2.75) is 35.8 Å². The molecule has 0 saturated carbocycles. The van der Waals surface area contributed by atoms with Crippen LogP contribution in [0.4, 0.5) is 13.2 Å². The van der Waals surface area contributed by atoms with Crippen LogP contribution in [0.15, 0.2) is 77.6 Å². The van der Waals surface area contributed by atoms with E-state index in [1.807, 2.05) is 0 Å². The Bertz CT molecular complexity index is 1470. The molecule has 0 saturated heterocycles. The molecular formula is C26H25F3N2O4S. The standard InChI is InChI=1S/C26H25F3N2O4S/c1-25(2,33)22-14-31(24(30-22)23-19(27)8-5-9-20(23)28)26(15-32)11-10-17(13-21(26)29)16-6-4-7-18(12-16)36(3,34)35/h4-14,17,32-33H,15H2,1-3H3. The van der Waals surface area contributed by atoms with Crippen molar-refractivity contribution in [3.8, 4) is 11.4 Å². The van der Waals surface area contributed by atoms with Gasteiger partial charge in [0.25, 0.3) is 0 Å². The molecule has 0 bridgehead atoms. The largest absolute Gasteiger partial charge is 0.393 e. The van der Waals surface area contributed by atoms with Crippen LogP contribution in [0, 0.1) is 11.6 Å². The fourth-order valence-electron chi connectivity index (χ4n) is 4.13. The number of aliphatic hydroxyl groups excluding tert-OH is 1. The van der Waals surface area contributed by atoms with E-state index >= 15 is 4.39 Å². The van der Waals surface area contributed by atoms with Crippen molar-refractivity contribution in [1.82, 2.24) is 9.55 Å². The molecule has 36 heavy (non-hydrogen) atoms. The van der Waals surface area contributed by atoms with E-state index in [-0.39, 0.29) is 16.4 Å². The monoisotopic (exact) mass is 518 g/mol. The van der Waals surface area contributed by atoms with Gasteiger partial charge in [0.15, 0.2) is 9.84 Å². The van der Waals surface area contributed by atoms with Crippen LogP contribution in [0.25, 0.3) is 11.4 Å². The van der Waals surface area contributed by atoms with Crippen LogP contribution in [0.2, 0.25) is 0 Å². The molecular weight excluding hydrogens is 493 g/mol. The number of sulfone groups is 1. The summed E-state index contributed by atoms with van der Waals surface area (Å²) in [6.07, 6.45) is 6.42. The number of imidazole rings is 1. The SMILES string of the molecule is CC(C)(O)c1cn(C2(CO)C=CC(c3cccc(S(C)(=O)=O)c3)C=C2F)c(-c2c(F)cccc2F)n1. The third-order valence-electron chi connectivity index (χ3n) is 6.18. The van der Waals surface area contributed by atoms with Gasteiger partial charge in [-0.05, 0) is 49.8 Å². The first kappa shape index (κ1) is 25.9. The molecule has 0 aliphatic heterocycles. The highest BCUT2D eigenvalue weighted by Crippen LogP contribution is 2.42. The van der Waals surface area contributed by atoms with E-state index in [4.69, 9.17) is 0 Å². The molecule has 10 heteroatoms. The predicted molar refractivity (Wildman–Crippen MR) is 129 cm³/mol. The van der Waals surface area contributed by atoms with Gasteiger partial charge in [0.2, 0.25) is 0 Å². The van der Waals surface area contributed by atoms with Crippen LogP contribution in [-0.4, -0.2) is 41.0 Å². The highest BCUT2D eigenvalue weighted by molar-refractivity contribution is 7.90. The highest BCUT2D eigenvalue weighted by Gasteiger charge is 2.41. The van der Waals surface area contributed by atoms with E-state index in [9.17, 15) is 27.4 Å². The highest BCUT2D eigenvalue weighted by atomic mass is 32.2. The van der Waals surface area contributed by atoms with E-state index in [1.54, 1.807) is 18.2 Å². The first-order chi connectivity index (χ1) is 16.8. The summed E-state index contributed by atoms with van der Waals surface area (Å²) in [6.45, 7) is 2.01. The zero-order valence-electron chi connectivity index (χ0n) is 19.8. The third kappa shape index (κ3) is 4.52. The van der Waals surface area contributed by atoms with Crippen molar-refractivity contribution in [1.29, 1.82) is 0 Å². The van der Waals surface area contributed by atoms with Gasteiger partial charge in [0.1, 0.15) is 34.4 Å². The Morgan fingerprint density at radius 2 is 1.75 bits per heavy atom. The first-order valence-corrected chi connectivity index (χ1v) is 12.9. The minimum atomic E-state index is -3.49. The molecule has 6 nitrogen and oxygen atoms in total.